The minimum atomic E-state index is -0.728. The zero-order valence-corrected chi connectivity index (χ0v) is 17.0. The van der Waals surface area contributed by atoms with E-state index in [9.17, 15) is 9.59 Å². The molecule has 8 heteroatoms. The molecular weight excluding hydrogens is 370 g/mol. The molecule has 0 fully saturated rings. The number of benzene rings is 1. The third-order valence-electron chi connectivity index (χ3n) is 4.52. The summed E-state index contributed by atoms with van der Waals surface area (Å²) in [6, 6.07) is 12.4. The van der Waals surface area contributed by atoms with E-state index in [2.05, 4.69) is 15.7 Å². The number of aryl methyl sites for hydroxylation is 2. The molecule has 0 aliphatic heterocycles. The zero-order valence-electron chi connectivity index (χ0n) is 17.0. The lowest BCUT2D eigenvalue weighted by Gasteiger charge is -2.18. The smallest absolute Gasteiger partial charge is 0.313 e. The van der Waals surface area contributed by atoms with Crippen molar-refractivity contribution in [1.29, 1.82) is 0 Å². The highest BCUT2D eigenvalue weighted by Crippen LogP contribution is 2.20. The maximum absolute atomic E-state index is 12.3. The summed E-state index contributed by atoms with van der Waals surface area (Å²) in [4.78, 5) is 26.5. The third-order valence-corrected chi connectivity index (χ3v) is 4.52. The topological polar surface area (TPSA) is 92.4 Å². The first kappa shape index (κ1) is 20.2. The molecular formula is C21H25N5O3. The van der Waals surface area contributed by atoms with Crippen LogP contribution in [-0.4, -0.2) is 42.2 Å². The Balaban J connectivity index is 1.65. The van der Waals surface area contributed by atoms with Crippen LogP contribution in [0.3, 0.4) is 0 Å². The van der Waals surface area contributed by atoms with Crippen molar-refractivity contribution in [2.24, 2.45) is 0 Å². The van der Waals surface area contributed by atoms with Crippen molar-refractivity contribution in [2.75, 3.05) is 30.9 Å². The van der Waals surface area contributed by atoms with E-state index in [1.165, 1.54) is 0 Å². The van der Waals surface area contributed by atoms with Gasteiger partial charge in [-0.15, -0.1) is 0 Å². The second kappa shape index (κ2) is 8.64. The van der Waals surface area contributed by atoms with Crippen LogP contribution in [0.15, 0.2) is 53.1 Å². The van der Waals surface area contributed by atoms with Crippen molar-refractivity contribution in [2.45, 2.75) is 19.9 Å². The average molecular weight is 395 g/mol. The zero-order chi connectivity index (χ0) is 21.0. The highest BCUT2D eigenvalue weighted by Gasteiger charge is 2.22. The number of rotatable bonds is 6. The molecule has 29 heavy (non-hydrogen) atoms. The van der Waals surface area contributed by atoms with Gasteiger partial charge in [-0.05, 0) is 56.3 Å². The molecule has 0 radical (unpaired) electrons. The molecule has 0 aliphatic rings. The minimum absolute atomic E-state index is 0.168. The van der Waals surface area contributed by atoms with E-state index in [1.807, 2.05) is 57.1 Å². The van der Waals surface area contributed by atoms with Crippen molar-refractivity contribution in [3.05, 3.63) is 65.9 Å². The minimum Gasteiger partial charge on any atom is -0.467 e. The Bertz CT molecular complexity index is 974. The van der Waals surface area contributed by atoms with Gasteiger partial charge in [0.2, 0.25) is 0 Å². The van der Waals surface area contributed by atoms with Crippen molar-refractivity contribution < 1.29 is 14.0 Å². The molecule has 3 rings (SSSR count). The van der Waals surface area contributed by atoms with Gasteiger partial charge < -0.3 is 20.0 Å². The van der Waals surface area contributed by atoms with Gasteiger partial charge in [0.05, 0.1) is 12.0 Å². The molecule has 3 aromatic rings. The summed E-state index contributed by atoms with van der Waals surface area (Å²) in [5, 5.41) is 9.76. The molecule has 1 atom stereocenters. The summed E-state index contributed by atoms with van der Waals surface area (Å²) in [7, 11) is 3.86. The predicted octanol–water partition coefficient (Wildman–Crippen LogP) is 2.50. The van der Waals surface area contributed by atoms with Crippen molar-refractivity contribution in [1.82, 2.24) is 15.1 Å². The average Bonchev–Trinajstić information content (AvgIpc) is 3.32. The lowest BCUT2D eigenvalue weighted by Crippen LogP contribution is -2.39. The lowest BCUT2D eigenvalue weighted by atomic mass is 10.2. The fourth-order valence-electron chi connectivity index (χ4n) is 3.05. The monoisotopic (exact) mass is 395 g/mol. The first-order valence-corrected chi connectivity index (χ1v) is 9.28. The Hall–Kier alpha value is -3.55. The van der Waals surface area contributed by atoms with Crippen LogP contribution in [-0.2, 0) is 9.59 Å². The first-order valence-electron chi connectivity index (χ1n) is 9.28. The third kappa shape index (κ3) is 4.84. The van der Waals surface area contributed by atoms with Crippen LogP contribution >= 0.6 is 0 Å². The number of carbonyl (C=O) groups is 2. The van der Waals surface area contributed by atoms with Crippen LogP contribution < -0.4 is 15.5 Å². The summed E-state index contributed by atoms with van der Waals surface area (Å²) in [6.45, 7) is 4.00. The van der Waals surface area contributed by atoms with E-state index in [1.54, 1.807) is 29.1 Å². The highest BCUT2D eigenvalue weighted by atomic mass is 16.3. The van der Waals surface area contributed by atoms with Gasteiger partial charge in [0.15, 0.2) is 0 Å². The van der Waals surface area contributed by atoms with Gasteiger partial charge in [-0.2, -0.15) is 5.10 Å². The van der Waals surface area contributed by atoms with Crippen LogP contribution in [0.4, 0.5) is 11.4 Å². The van der Waals surface area contributed by atoms with Gasteiger partial charge >= 0.3 is 11.8 Å². The largest absolute Gasteiger partial charge is 0.467 e. The van der Waals surface area contributed by atoms with Gasteiger partial charge in [-0.1, -0.05) is 0 Å². The molecule has 1 aromatic carbocycles. The van der Waals surface area contributed by atoms with Gasteiger partial charge in [0, 0.05) is 37.7 Å². The number of anilines is 2. The number of furan rings is 1. The molecule has 0 bridgehead atoms. The molecule has 2 aromatic heterocycles. The Morgan fingerprint density at radius 1 is 1.14 bits per heavy atom. The number of aromatic nitrogens is 2. The fourth-order valence-corrected chi connectivity index (χ4v) is 3.05. The number of carbonyl (C=O) groups excluding carboxylic acids is 2. The van der Waals surface area contributed by atoms with Crippen molar-refractivity contribution in [3.8, 4) is 0 Å². The van der Waals surface area contributed by atoms with Crippen molar-refractivity contribution >= 4 is 23.2 Å². The maximum Gasteiger partial charge on any atom is 0.313 e. The Morgan fingerprint density at radius 3 is 2.41 bits per heavy atom. The standard InChI is InChI=1S/C21H25N5O3/c1-14-12-15(2)26(24-14)18(19-6-5-11-29-19)13-22-20(27)21(28)23-16-7-9-17(10-8-16)25(3)4/h5-12,18H,13H2,1-4H3,(H,22,27)(H,23,28). The number of amides is 2. The van der Waals surface area contributed by atoms with E-state index >= 15 is 0 Å². The van der Waals surface area contributed by atoms with E-state index in [0.717, 1.165) is 17.1 Å². The number of hydrogen-bond acceptors (Lipinski definition) is 5. The summed E-state index contributed by atoms with van der Waals surface area (Å²) in [5.74, 6) is -0.801. The quantitative estimate of drug-likeness (QED) is 0.626. The first-order chi connectivity index (χ1) is 13.8. The summed E-state index contributed by atoms with van der Waals surface area (Å²) in [5.41, 5.74) is 3.35. The number of hydrogen-bond donors (Lipinski definition) is 2. The molecule has 2 amide bonds. The van der Waals surface area contributed by atoms with E-state index in [4.69, 9.17) is 4.42 Å². The predicted molar refractivity (Wildman–Crippen MR) is 111 cm³/mol. The second-order valence-electron chi connectivity index (χ2n) is 7.01. The molecule has 2 heterocycles. The Morgan fingerprint density at radius 2 is 1.86 bits per heavy atom. The molecule has 0 aliphatic carbocycles. The van der Waals surface area contributed by atoms with Crippen LogP contribution in [0.5, 0.6) is 0 Å². The molecule has 0 saturated heterocycles. The molecule has 2 N–H and O–H groups in total. The van der Waals surface area contributed by atoms with Crippen LogP contribution in [0.25, 0.3) is 0 Å². The normalized spacial score (nSPS) is 11.7. The molecule has 0 saturated carbocycles. The maximum atomic E-state index is 12.3. The van der Waals surface area contributed by atoms with Crippen LogP contribution in [0.2, 0.25) is 0 Å². The van der Waals surface area contributed by atoms with Gasteiger partial charge in [0.25, 0.3) is 0 Å². The van der Waals surface area contributed by atoms with Crippen molar-refractivity contribution in [3.63, 3.8) is 0 Å². The molecule has 152 valence electrons. The van der Waals surface area contributed by atoms with Crippen LogP contribution in [0.1, 0.15) is 23.2 Å². The van der Waals surface area contributed by atoms with Gasteiger partial charge in [-0.3, -0.25) is 14.3 Å². The van der Waals surface area contributed by atoms with Crippen LogP contribution in [0, 0.1) is 13.8 Å². The van der Waals surface area contributed by atoms with Gasteiger partial charge in [0.1, 0.15) is 11.8 Å². The number of nitrogens with zero attached hydrogens (tertiary/aromatic N) is 3. The molecule has 0 spiro atoms. The highest BCUT2D eigenvalue weighted by molar-refractivity contribution is 6.39. The molecule has 8 nitrogen and oxygen atoms in total. The van der Waals surface area contributed by atoms with E-state index in [-0.39, 0.29) is 12.6 Å². The summed E-state index contributed by atoms with van der Waals surface area (Å²) >= 11 is 0. The Labute approximate surface area is 169 Å². The summed E-state index contributed by atoms with van der Waals surface area (Å²) < 4.78 is 7.30. The van der Waals surface area contributed by atoms with Gasteiger partial charge in [-0.25, -0.2) is 0 Å². The molecule has 1 unspecified atom stereocenters. The number of nitrogens with one attached hydrogen (secondary N) is 2. The van der Waals surface area contributed by atoms with E-state index in [0.29, 0.717) is 11.4 Å². The fraction of sp³-hybridized carbons (Fsp3) is 0.286. The lowest BCUT2D eigenvalue weighted by molar-refractivity contribution is -0.136. The summed E-state index contributed by atoms with van der Waals surface area (Å²) in [6.07, 6.45) is 1.57. The second-order valence-corrected chi connectivity index (χ2v) is 7.01. The Kier molecular flexibility index (Phi) is 6.01. The van der Waals surface area contributed by atoms with E-state index < -0.39 is 11.8 Å². The SMILES string of the molecule is Cc1cc(C)n(C(CNC(=O)C(=O)Nc2ccc(N(C)C)cc2)c2ccco2)n1.